The van der Waals surface area contributed by atoms with E-state index in [1.54, 1.807) is 0 Å². The Balaban J connectivity index is 1.91. The topological polar surface area (TPSA) is 90.8 Å². The number of rotatable bonds is 2. The first kappa shape index (κ1) is 15.1. The fraction of sp³-hybridized carbons (Fsp3) is 0.714. The van der Waals surface area contributed by atoms with Crippen LogP contribution < -0.4 is 21.3 Å². The number of nitrogen functional groups attached to an aromatic ring is 2. The molecule has 1 aromatic heterocycles. The largest absolute Gasteiger partial charge is 0.393 e. The van der Waals surface area contributed by atoms with Crippen molar-refractivity contribution in [1.29, 1.82) is 0 Å². The minimum Gasteiger partial charge on any atom is -0.393 e. The van der Waals surface area contributed by atoms with Gasteiger partial charge in [-0.05, 0) is 26.9 Å². The fourth-order valence-electron chi connectivity index (χ4n) is 3.22. The van der Waals surface area contributed by atoms with Crippen molar-refractivity contribution in [3.63, 3.8) is 0 Å². The summed E-state index contributed by atoms with van der Waals surface area (Å²) in [7, 11) is 4.21. The van der Waals surface area contributed by atoms with E-state index in [1.165, 1.54) is 0 Å². The van der Waals surface area contributed by atoms with E-state index in [0.717, 1.165) is 64.0 Å². The van der Waals surface area contributed by atoms with E-state index in [0.29, 0.717) is 11.6 Å². The molecule has 22 heavy (non-hydrogen) atoms. The molecular formula is C14H26N8. The Kier molecular flexibility index (Phi) is 4.21. The van der Waals surface area contributed by atoms with Crippen LogP contribution in [-0.2, 0) is 0 Å². The molecule has 0 radical (unpaired) electrons. The predicted molar refractivity (Wildman–Crippen MR) is 89.8 cm³/mol. The molecule has 0 amide bonds. The standard InChI is InChI=1S/C14H26N8/c1-19-5-3-7-21(9-19)12-11(15)13(18-14(16)17-12)22-8-4-6-20(2)10-22/h3-10,15H2,1-2H3,(H2,16,17,18). The van der Waals surface area contributed by atoms with Gasteiger partial charge < -0.3 is 21.3 Å². The highest BCUT2D eigenvalue weighted by molar-refractivity contribution is 5.77. The van der Waals surface area contributed by atoms with Gasteiger partial charge in [-0.3, -0.25) is 9.80 Å². The van der Waals surface area contributed by atoms with Crippen molar-refractivity contribution >= 4 is 23.3 Å². The van der Waals surface area contributed by atoms with Gasteiger partial charge in [0.15, 0.2) is 11.6 Å². The van der Waals surface area contributed by atoms with E-state index in [4.69, 9.17) is 11.5 Å². The minimum atomic E-state index is 0.292. The van der Waals surface area contributed by atoms with Crippen molar-refractivity contribution in [2.75, 3.05) is 74.9 Å². The SMILES string of the molecule is CN1CCCN(c2nc(N)nc(N3CCCN(C)C3)c2N)C1. The number of aromatic nitrogens is 2. The maximum Gasteiger partial charge on any atom is 0.224 e. The molecule has 0 aromatic carbocycles. The van der Waals surface area contributed by atoms with Gasteiger partial charge in [-0.2, -0.15) is 9.97 Å². The summed E-state index contributed by atoms with van der Waals surface area (Å²) in [6.45, 7) is 5.73. The van der Waals surface area contributed by atoms with Crippen molar-refractivity contribution in [2.24, 2.45) is 0 Å². The molecule has 2 aliphatic heterocycles. The molecule has 0 atom stereocenters. The predicted octanol–water partition coefficient (Wildman–Crippen LogP) is -0.160. The monoisotopic (exact) mass is 306 g/mol. The lowest BCUT2D eigenvalue weighted by molar-refractivity contribution is 0.289. The van der Waals surface area contributed by atoms with E-state index >= 15 is 0 Å². The Morgan fingerprint density at radius 1 is 0.773 bits per heavy atom. The van der Waals surface area contributed by atoms with Gasteiger partial charge in [0, 0.05) is 26.2 Å². The first-order valence-corrected chi connectivity index (χ1v) is 7.84. The lowest BCUT2D eigenvalue weighted by Gasteiger charge is -2.37. The Morgan fingerprint density at radius 3 is 1.64 bits per heavy atom. The Morgan fingerprint density at radius 2 is 1.23 bits per heavy atom. The van der Waals surface area contributed by atoms with Crippen LogP contribution in [-0.4, -0.2) is 73.4 Å². The molecule has 8 heteroatoms. The van der Waals surface area contributed by atoms with Crippen LogP contribution in [0.25, 0.3) is 0 Å². The summed E-state index contributed by atoms with van der Waals surface area (Å²) in [6, 6.07) is 0. The summed E-state index contributed by atoms with van der Waals surface area (Å²) in [6.07, 6.45) is 2.20. The molecule has 2 fully saturated rings. The summed E-state index contributed by atoms with van der Waals surface area (Å²) in [5.41, 5.74) is 13.0. The average Bonchev–Trinajstić information content (AvgIpc) is 2.49. The lowest BCUT2D eigenvalue weighted by Crippen LogP contribution is -2.45. The van der Waals surface area contributed by atoms with Gasteiger partial charge in [-0.25, -0.2) is 0 Å². The van der Waals surface area contributed by atoms with Crippen LogP contribution in [0.3, 0.4) is 0 Å². The summed E-state index contributed by atoms with van der Waals surface area (Å²) in [4.78, 5) is 17.7. The Labute approximate surface area is 131 Å². The van der Waals surface area contributed by atoms with Gasteiger partial charge in [0.2, 0.25) is 5.95 Å². The average molecular weight is 306 g/mol. The van der Waals surface area contributed by atoms with Gasteiger partial charge in [0.25, 0.3) is 0 Å². The van der Waals surface area contributed by atoms with E-state index < -0.39 is 0 Å². The van der Waals surface area contributed by atoms with Crippen LogP contribution >= 0.6 is 0 Å². The van der Waals surface area contributed by atoms with Crippen LogP contribution in [0.5, 0.6) is 0 Å². The number of nitrogens with zero attached hydrogens (tertiary/aromatic N) is 6. The highest BCUT2D eigenvalue weighted by Gasteiger charge is 2.25. The third kappa shape index (κ3) is 3.02. The van der Waals surface area contributed by atoms with Crippen molar-refractivity contribution in [3.8, 4) is 0 Å². The van der Waals surface area contributed by atoms with Gasteiger partial charge >= 0.3 is 0 Å². The van der Waals surface area contributed by atoms with Crippen molar-refractivity contribution in [1.82, 2.24) is 19.8 Å². The van der Waals surface area contributed by atoms with E-state index in [1.807, 2.05) is 0 Å². The molecule has 4 N–H and O–H groups in total. The van der Waals surface area contributed by atoms with Crippen LogP contribution in [0.2, 0.25) is 0 Å². The van der Waals surface area contributed by atoms with Gasteiger partial charge in [-0.15, -0.1) is 0 Å². The summed E-state index contributed by atoms with van der Waals surface area (Å²) >= 11 is 0. The molecule has 8 nitrogen and oxygen atoms in total. The molecule has 0 spiro atoms. The van der Waals surface area contributed by atoms with E-state index in [-0.39, 0.29) is 0 Å². The molecular weight excluding hydrogens is 280 g/mol. The zero-order valence-corrected chi connectivity index (χ0v) is 13.5. The van der Waals surface area contributed by atoms with Crippen molar-refractivity contribution < 1.29 is 0 Å². The second-order valence-corrected chi connectivity index (χ2v) is 6.32. The van der Waals surface area contributed by atoms with Crippen molar-refractivity contribution in [3.05, 3.63) is 0 Å². The highest BCUT2D eigenvalue weighted by atomic mass is 15.4. The molecule has 0 unspecified atom stereocenters. The smallest absolute Gasteiger partial charge is 0.224 e. The van der Waals surface area contributed by atoms with E-state index in [2.05, 4.69) is 43.7 Å². The van der Waals surface area contributed by atoms with Gasteiger partial charge in [0.05, 0.1) is 13.3 Å². The first-order chi connectivity index (χ1) is 10.5. The third-order valence-electron chi connectivity index (χ3n) is 4.28. The van der Waals surface area contributed by atoms with Crippen LogP contribution in [0.4, 0.5) is 23.3 Å². The second kappa shape index (κ2) is 6.13. The number of anilines is 4. The van der Waals surface area contributed by atoms with E-state index in [9.17, 15) is 0 Å². The summed E-state index contributed by atoms with van der Waals surface area (Å²) in [5, 5.41) is 0. The van der Waals surface area contributed by atoms with Crippen LogP contribution in [0, 0.1) is 0 Å². The maximum absolute atomic E-state index is 6.40. The molecule has 0 aliphatic carbocycles. The van der Waals surface area contributed by atoms with Gasteiger partial charge in [-0.1, -0.05) is 0 Å². The molecule has 0 saturated carbocycles. The lowest BCUT2D eigenvalue weighted by atomic mass is 10.2. The second-order valence-electron chi connectivity index (χ2n) is 6.32. The summed E-state index contributed by atoms with van der Waals surface area (Å²) in [5.74, 6) is 1.82. The molecule has 2 saturated heterocycles. The summed E-state index contributed by atoms with van der Waals surface area (Å²) < 4.78 is 0. The third-order valence-corrected chi connectivity index (χ3v) is 4.28. The first-order valence-electron chi connectivity index (χ1n) is 7.84. The molecule has 3 heterocycles. The minimum absolute atomic E-state index is 0.292. The zero-order valence-electron chi connectivity index (χ0n) is 13.5. The maximum atomic E-state index is 6.40. The molecule has 0 bridgehead atoms. The van der Waals surface area contributed by atoms with Crippen LogP contribution in [0.1, 0.15) is 12.8 Å². The number of nitrogens with two attached hydrogens (primary N) is 2. The molecule has 122 valence electrons. The van der Waals surface area contributed by atoms with Crippen molar-refractivity contribution in [2.45, 2.75) is 12.8 Å². The molecule has 2 aliphatic rings. The van der Waals surface area contributed by atoms with Gasteiger partial charge in [0.1, 0.15) is 5.69 Å². The van der Waals surface area contributed by atoms with Crippen LogP contribution in [0.15, 0.2) is 0 Å². The zero-order chi connectivity index (χ0) is 15.7. The molecule has 3 rings (SSSR count). The quantitative estimate of drug-likeness (QED) is 0.779. The fourth-order valence-corrected chi connectivity index (χ4v) is 3.22. The Bertz CT molecular complexity index is 491. The highest BCUT2D eigenvalue weighted by Crippen LogP contribution is 2.32. The Hall–Kier alpha value is -1.80. The molecule has 1 aromatic rings. The normalized spacial score (nSPS) is 21.4. The number of hydrogen-bond acceptors (Lipinski definition) is 8. The number of hydrogen-bond donors (Lipinski definition) is 2.